The van der Waals surface area contributed by atoms with Gasteiger partial charge in [-0.2, -0.15) is 0 Å². The third kappa shape index (κ3) is 4.61. The molecule has 1 aromatic rings. The predicted molar refractivity (Wildman–Crippen MR) is 58.8 cm³/mol. The van der Waals surface area contributed by atoms with Crippen molar-refractivity contribution in [2.75, 3.05) is 0 Å². The smallest absolute Gasteiger partial charge is 0.198 e. The molecular formula is C13H15O. The van der Waals surface area contributed by atoms with E-state index in [0.717, 1.165) is 19.3 Å². The van der Waals surface area contributed by atoms with Gasteiger partial charge in [-0.1, -0.05) is 42.5 Å². The summed E-state index contributed by atoms with van der Waals surface area (Å²) < 4.78 is 0. The summed E-state index contributed by atoms with van der Waals surface area (Å²) in [5.41, 5.74) is 1.36. The number of unbranched alkanes of at least 4 members (excludes halogenated alkanes) is 1. The number of rotatable bonds is 6. The molecule has 0 aromatic heterocycles. The quantitative estimate of drug-likeness (QED) is 0.494. The van der Waals surface area contributed by atoms with Crippen molar-refractivity contribution in [2.24, 2.45) is 0 Å². The highest BCUT2D eigenvalue weighted by Gasteiger charge is 1.87. The average Bonchev–Trinajstić information content (AvgIpc) is 2.25. The number of benzene rings is 1. The molecule has 0 amide bonds. The van der Waals surface area contributed by atoms with Crippen molar-refractivity contribution in [3.63, 3.8) is 0 Å². The molecule has 0 bridgehead atoms. The topological polar surface area (TPSA) is 17.1 Å². The third-order valence-corrected chi connectivity index (χ3v) is 2.02. The fourth-order valence-electron chi connectivity index (χ4n) is 1.27. The number of hydrogen-bond donors (Lipinski definition) is 0. The molecule has 0 unspecified atom stereocenters. The zero-order chi connectivity index (χ0) is 10.1. The van der Waals surface area contributed by atoms with Gasteiger partial charge in [-0.25, -0.2) is 0 Å². The molecular weight excluding hydrogens is 172 g/mol. The average molecular weight is 187 g/mol. The molecule has 1 radical (unpaired) electrons. The van der Waals surface area contributed by atoms with Gasteiger partial charge in [0.1, 0.15) is 0 Å². The van der Waals surface area contributed by atoms with Crippen molar-refractivity contribution in [1.29, 1.82) is 0 Å². The van der Waals surface area contributed by atoms with Gasteiger partial charge in [0, 0.05) is 6.42 Å². The van der Waals surface area contributed by atoms with E-state index >= 15 is 0 Å². The highest BCUT2D eigenvalue weighted by atomic mass is 16.1. The van der Waals surface area contributed by atoms with Crippen LogP contribution in [0.1, 0.15) is 24.8 Å². The summed E-state index contributed by atoms with van der Waals surface area (Å²) in [5.74, 6) is 0. The van der Waals surface area contributed by atoms with E-state index < -0.39 is 0 Å². The molecule has 0 aliphatic heterocycles. The van der Waals surface area contributed by atoms with E-state index in [9.17, 15) is 4.79 Å². The van der Waals surface area contributed by atoms with E-state index in [-0.39, 0.29) is 0 Å². The SMILES string of the molecule is O=[C]CCC=CCCc1ccccc1. The molecule has 1 aromatic carbocycles. The molecule has 0 saturated carbocycles. The van der Waals surface area contributed by atoms with Gasteiger partial charge in [0.25, 0.3) is 0 Å². The van der Waals surface area contributed by atoms with E-state index in [1.807, 2.05) is 18.4 Å². The standard InChI is InChI=1S/C13H15O/c14-12-8-3-1-2-5-9-13-10-6-4-7-11-13/h1-2,4,6-7,10-11H,3,5,8-9H2. The second-order valence-electron chi connectivity index (χ2n) is 3.18. The van der Waals surface area contributed by atoms with Crippen LogP contribution in [0.25, 0.3) is 0 Å². The van der Waals surface area contributed by atoms with Gasteiger partial charge >= 0.3 is 0 Å². The first-order chi connectivity index (χ1) is 6.93. The lowest BCUT2D eigenvalue weighted by atomic mass is 10.1. The largest absolute Gasteiger partial charge is 0.291 e. The number of aryl methyl sites for hydroxylation is 1. The molecule has 0 spiro atoms. The van der Waals surface area contributed by atoms with Crippen LogP contribution in [-0.4, -0.2) is 6.29 Å². The van der Waals surface area contributed by atoms with Crippen molar-refractivity contribution in [2.45, 2.75) is 25.7 Å². The zero-order valence-electron chi connectivity index (χ0n) is 8.28. The van der Waals surface area contributed by atoms with Crippen LogP contribution in [0.2, 0.25) is 0 Å². The normalized spacial score (nSPS) is 10.6. The first kappa shape index (κ1) is 10.7. The van der Waals surface area contributed by atoms with Crippen molar-refractivity contribution >= 4 is 6.29 Å². The summed E-state index contributed by atoms with van der Waals surface area (Å²) in [6, 6.07) is 10.4. The van der Waals surface area contributed by atoms with Crippen LogP contribution in [-0.2, 0) is 11.2 Å². The first-order valence-electron chi connectivity index (χ1n) is 4.97. The van der Waals surface area contributed by atoms with E-state index in [2.05, 4.69) is 30.3 Å². The fraction of sp³-hybridized carbons (Fsp3) is 0.308. The Bertz CT molecular complexity index is 275. The van der Waals surface area contributed by atoms with Crippen molar-refractivity contribution < 1.29 is 4.79 Å². The highest BCUT2D eigenvalue weighted by molar-refractivity contribution is 5.50. The van der Waals surface area contributed by atoms with Crippen LogP contribution < -0.4 is 0 Å². The Labute approximate surface area is 85.5 Å². The second-order valence-corrected chi connectivity index (χ2v) is 3.18. The Morgan fingerprint density at radius 1 is 1.07 bits per heavy atom. The molecule has 0 heterocycles. The zero-order valence-corrected chi connectivity index (χ0v) is 8.28. The van der Waals surface area contributed by atoms with Gasteiger partial charge in [0.15, 0.2) is 6.29 Å². The maximum Gasteiger partial charge on any atom is 0.198 e. The predicted octanol–water partition coefficient (Wildman–Crippen LogP) is 3.07. The summed E-state index contributed by atoms with van der Waals surface area (Å²) in [6.07, 6.45) is 9.50. The Morgan fingerprint density at radius 2 is 1.79 bits per heavy atom. The molecule has 1 rings (SSSR count). The Kier molecular flexibility index (Phi) is 5.41. The van der Waals surface area contributed by atoms with Crippen LogP contribution in [0.15, 0.2) is 42.5 Å². The summed E-state index contributed by atoms with van der Waals surface area (Å²) in [6.45, 7) is 0. The van der Waals surface area contributed by atoms with Crippen LogP contribution >= 0.6 is 0 Å². The second kappa shape index (κ2) is 7.07. The molecule has 73 valence electrons. The minimum Gasteiger partial charge on any atom is -0.291 e. The van der Waals surface area contributed by atoms with Gasteiger partial charge in [-0.3, -0.25) is 4.79 Å². The number of hydrogen-bond acceptors (Lipinski definition) is 1. The summed E-state index contributed by atoms with van der Waals surface area (Å²) in [5, 5.41) is 0. The Balaban J connectivity index is 2.15. The lowest BCUT2D eigenvalue weighted by molar-refractivity contribution is 0.551. The maximum atomic E-state index is 9.90. The molecule has 1 nitrogen and oxygen atoms in total. The summed E-state index contributed by atoms with van der Waals surface area (Å²) >= 11 is 0. The van der Waals surface area contributed by atoms with E-state index in [0.29, 0.717) is 6.42 Å². The van der Waals surface area contributed by atoms with Gasteiger partial charge < -0.3 is 0 Å². The van der Waals surface area contributed by atoms with Crippen LogP contribution in [0.3, 0.4) is 0 Å². The van der Waals surface area contributed by atoms with Gasteiger partial charge in [0.05, 0.1) is 0 Å². The molecule has 0 N–H and O–H groups in total. The number of allylic oxidation sites excluding steroid dienone is 2. The molecule has 0 aliphatic carbocycles. The fourth-order valence-corrected chi connectivity index (χ4v) is 1.27. The van der Waals surface area contributed by atoms with E-state index in [1.54, 1.807) is 0 Å². The molecule has 0 aliphatic rings. The monoisotopic (exact) mass is 187 g/mol. The van der Waals surface area contributed by atoms with Gasteiger partial charge in [0.2, 0.25) is 0 Å². The highest BCUT2D eigenvalue weighted by Crippen LogP contribution is 2.03. The van der Waals surface area contributed by atoms with Crippen molar-refractivity contribution in [3.05, 3.63) is 48.0 Å². The first-order valence-corrected chi connectivity index (χ1v) is 4.97. The molecule has 0 atom stereocenters. The maximum absolute atomic E-state index is 9.90. The van der Waals surface area contributed by atoms with Gasteiger partial charge in [-0.05, 0) is 24.8 Å². The molecule has 1 heteroatoms. The Morgan fingerprint density at radius 3 is 2.50 bits per heavy atom. The Hall–Kier alpha value is -1.37. The summed E-state index contributed by atoms with van der Waals surface area (Å²) in [7, 11) is 0. The van der Waals surface area contributed by atoms with Crippen LogP contribution in [0.4, 0.5) is 0 Å². The lowest BCUT2D eigenvalue weighted by Crippen LogP contribution is -1.81. The molecule has 0 fully saturated rings. The third-order valence-electron chi connectivity index (χ3n) is 2.02. The van der Waals surface area contributed by atoms with E-state index in [1.165, 1.54) is 5.56 Å². The molecule has 0 saturated heterocycles. The molecule has 14 heavy (non-hydrogen) atoms. The summed E-state index contributed by atoms with van der Waals surface area (Å²) in [4.78, 5) is 9.90. The van der Waals surface area contributed by atoms with Crippen LogP contribution in [0.5, 0.6) is 0 Å². The van der Waals surface area contributed by atoms with Crippen LogP contribution in [0, 0.1) is 0 Å². The minimum absolute atomic E-state index is 0.516. The van der Waals surface area contributed by atoms with Crippen molar-refractivity contribution in [1.82, 2.24) is 0 Å². The van der Waals surface area contributed by atoms with E-state index in [4.69, 9.17) is 0 Å². The minimum atomic E-state index is 0.516. The van der Waals surface area contributed by atoms with Crippen molar-refractivity contribution in [3.8, 4) is 0 Å². The van der Waals surface area contributed by atoms with Gasteiger partial charge in [-0.15, -0.1) is 0 Å². The number of carbonyl (C=O) groups excluding carboxylic acids is 1. The lowest BCUT2D eigenvalue weighted by Gasteiger charge is -1.95.